The van der Waals surface area contributed by atoms with E-state index in [4.69, 9.17) is 5.73 Å². The average Bonchev–Trinajstić information content (AvgIpc) is 2.61. The number of halogens is 5. The average molecular weight is 436 g/mol. The number of nitrogens with two attached hydrogens (primary N) is 1. The molecule has 0 aliphatic carbocycles. The summed E-state index contributed by atoms with van der Waals surface area (Å²) in [6.45, 7) is 0.0618. The Balaban J connectivity index is 0.00000196. The van der Waals surface area contributed by atoms with E-state index < -0.39 is 24.7 Å². The maximum Gasteiger partial charge on any atom is 0.407 e. The molecule has 1 unspecified atom stereocenters. The van der Waals surface area contributed by atoms with Crippen LogP contribution in [-0.4, -0.2) is 25.2 Å². The molecule has 154 valence electrons. The summed E-state index contributed by atoms with van der Waals surface area (Å²) in [6.07, 6.45) is -3.01. The van der Waals surface area contributed by atoms with Gasteiger partial charge >= 0.3 is 6.18 Å². The lowest BCUT2D eigenvalue weighted by molar-refractivity contribution is -0.158. The van der Waals surface area contributed by atoms with Crippen molar-refractivity contribution in [2.24, 2.45) is 0 Å². The third kappa shape index (κ3) is 5.31. The van der Waals surface area contributed by atoms with Crippen molar-refractivity contribution in [1.29, 1.82) is 0 Å². The van der Waals surface area contributed by atoms with Crippen LogP contribution in [0.2, 0.25) is 0 Å². The van der Waals surface area contributed by atoms with Crippen LogP contribution in [0.4, 0.5) is 24.5 Å². The van der Waals surface area contributed by atoms with Gasteiger partial charge < -0.3 is 10.6 Å². The molecule has 0 saturated carbocycles. The highest BCUT2D eigenvalue weighted by Crippen LogP contribution is 2.33. The van der Waals surface area contributed by atoms with Crippen molar-refractivity contribution >= 4 is 42.1 Å². The van der Waals surface area contributed by atoms with Gasteiger partial charge in [-0.1, -0.05) is 36.4 Å². The van der Waals surface area contributed by atoms with Gasteiger partial charge in [-0.05, 0) is 36.1 Å². The van der Waals surface area contributed by atoms with Crippen LogP contribution in [-0.2, 0) is 11.2 Å². The highest BCUT2D eigenvalue weighted by atomic mass is 35.5. The van der Waals surface area contributed by atoms with Crippen LogP contribution in [0.5, 0.6) is 0 Å². The molecule has 0 bridgehead atoms. The van der Waals surface area contributed by atoms with Gasteiger partial charge in [0.15, 0.2) is 0 Å². The molecule has 1 aliphatic heterocycles. The Bertz CT molecular complexity index is 788. The van der Waals surface area contributed by atoms with Crippen LogP contribution in [0, 0.1) is 0 Å². The molecule has 28 heavy (non-hydrogen) atoms. The van der Waals surface area contributed by atoms with Gasteiger partial charge in [0.05, 0.1) is 6.54 Å². The van der Waals surface area contributed by atoms with E-state index in [-0.39, 0.29) is 30.4 Å². The minimum absolute atomic E-state index is 0. The number of benzene rings is 2. The lowest BCUT2D eigenvalue weighted by Crippen LogP contribution is -2.44. The summed E-state index contributed by atoms with van der Waals surface area (Å²) >= 11 is 0. The third-order valence-corrected chi connectivity index (χ3v) is 4.51. The maximum absolute atomic E-state index is 13.4. The van der Waals surface area contributed by atoms with E-state index in [1.54, 1.807) is 36.4 Å². The summed E-state index contributed by atoms with van der Waals surface area (Å²) in [5, 5.41) is 2.37. The fourth-order valence-corrected chi connectivity index (χ4v) is 3.26. The smallest absolute Gasteiger partial charge is 0.398 e. The quantitative estimate of drug-likeness (QED) is 0.704. The van der Waals surface area contributed by atoms with E-state index >= 15 is 0 Å². The maximum atomic E-state index is 13.4. The number of alkyl halides is 3. The first-order valence-electron chi connectivity index (χ1n) is 8.40. The summed E-state index contributed by atoms with van der Waals surface area (Å²) in [4.78, 5) is 14.1. The Hall–Kier alpha value is -1.96. The van der Waals surface area contributed by atoms with Crippen molar-refractivity contribution in [2.45, 2.75) is 25.1 Å². The van der Waals surface area contributed by atoms with E-state index in [0.29, 0.717) is 17.9 Å². The van der Waals surface area contributed by atoms with Gasteiger partial charge in [-0.15, -0.1) is 24.8 Å². The van der Waals surface area contributed by atoms with Crippen molar-refractivity contribution < 1.29 is 18.0 Å². The number of nitrogen functional groups attached to an aromatic ring is 1. The third-order valence-electron chi connectivity index (χ3n) is 4.51. The van der Waals surface area contributed by atoms with E-state index in [0.717, 1.165) is 18.4 Å². The van der Waals surface area contributed by atoms with Crippen molar-refractivity contribution in [3.63, 3.8) is 0 Å². The lowest BCUT2D eigenvalue weighted by Gasteiger charge is -2.31. The first-order chi connectivity index (χ1) is 12.4. The molecule has 0 radical (unpaired) electrons. The summed E-state index contributed by atoms with van der Waals surface area (Å²) < 4.78 is 40.2. The van der Waals surface area contributed by atoms with Gasteiger partial charge in [0.2, 0.25) is 5.91 Å². The van der Waals surface area contributed by atoms with Crippen LogP contribution in [0.15, 0.2) is 48.5 Å². The number of nitrogens with zero attached hydrogens (tertiary/aromatic N) is 1. The van der Waals surface area contributed by atoms with Crippen LogP contribution in [0.1, 0.15) is 23.6 Å². The van der Waals surface area contributed by atoms with E-state index in [9.17, 15) is 18.0 Å². The molecule has 2 aromatic rings. The Morgan fingerprint density at radius 3 is 2.43 bits per heavy atom. The number of amides is 1. The molecule has 1 atom stereocenters. The zero-order valence-electron chi connectivity index (χ0n) is 14.9. The van der Waals surface area contributed by atoms with Crippen LogP contribution >= 0.6 is 24.8 Å². The normalized spacial score (nSPS) is 14.3. The molecule has 4 nitrogen and oxygen atoms in total. The van der Waals surface area contributed by atoms with Crippen molar-refractivity contribution in [2.75, 3.05) is 23.7 Å². The monoisotopic (exact) mass is 435 g/mol. The zero-order chi connectivity index (χ0) is 18.7. The van der Waals surface area contributed by atoms with Gasteiger partial charge in [-0.25, -0.2) is 0 Å². The molecule has 1 amide bonds. The summed E-state index contributed by atoms with van der Waals surface area (Å²) in [6, 6.07) is 10.9. The Kier molecular flexibility index (Phi) is 8.60. The topological polar surface area (TPSA) is 58.4 Å². The fraction of sp³-hybridized carbons (Fsp3) is 0.316. The number of fused-ring (bicyclic) bond motifs is 1. The molecule has 3 N–H and O–H groups in total. The van der Waals surface area contributed by atoms with Crippen molar-refractivity contribution in [3.05, 3.63) is 59.7 Å². The zero-order valence-corrected chi connectivity index (χ0v) is 16.5. The fourth-order valence-electron chi connectivity index (χ4n) is 3.26. The number of anilines is 2. The molecule has 0 saturated heterocycles. The van der Waals surface area contributed by atoms with Crippen molar-refractivity contribution in [3.8, 4) is 0 Å². The number of rotatable bonds is 4. The van der Waals surface area contributed by atoms with E-state index in [1.807, 2.05) is 0 Å². The SMILES string of the molecule is Cl.Cl.Nc1cccc2c1CCCN2C(=O)CNC(c1ccccc1)C(F)(F)F. The van der Waals surface area contributed by atoms with Crippen molar-refractivity contribution in [1.82, 2.24) is 5.32 Å². The molecule has 0 aromatic heterocycles. The predicted octanol–water partition coefficient (Wildman–Crippen LogP) is 4.28. The summed E-state index contributed by atoms with van der Waals surface area (Å²) in [7, 11) is 0. The molecule has 3 rings (SSSR count). The second-order valence-electron chi connectivity index (χ2n) is 6.26. The molecular weight excluding hydrogens is 414 g/mol. The Morgan fingerprint density at radius 2 is 1.79 bits per heavy atom. The Labute approximate surface area is 174 Å². The van der Waals surface area contributed by atoms with Gasteiger partial charge in [-0.3, -0.25) is 10.1 Å². The van der Waals surface area contributed by atoms with E-state index in [2.05, 4.69) is 5.32 Å². The van der Waals surface area contributed by atoms with Crippen LogP contribution in [0.25, 0.3) is 0 Å². The molecule has 9 heteroatoms. The highest BCUT2D eigenvalue weighted by molar-refractivity contribution is 5.96. The number of carbonyl (C=O) groups excluding carboxylic acids is 1. The van der Waals surface area contributed by atoms with Gasteiger partial charge in [0, 0.05) is 17.9 Å². The molecule has 2 aromatic carbocycles. The first kappa shape index (κ1) is 24.1. The van der Waals surface area contributed by atoms with Gasteiger partial charge in [-0.2, -0.15) is 13.2 Å². The second kappa shape index (κ2) is 10.0. The number of carbonyl (C=O) groups is 1. The molecule has 0 spiro atoms. The predicted molar refractivity (Wildman–Crippen MR) is 109 cm³/mol. The van der Waals surface area contributed by atoms with E-state index in [1.165, 1.54) is 17.0 Å². The first-order valence-corrected chi connectivity index (χ1v) is 8.40. The van der Waals surface area contributed by atoms with Crippen LogP contribution < -0.4 is 16.0 Å². The molecule has 1 aliphatic rings. The number of hydrogen-bond donors (Lipinski definition) is 2. The van der Waals surface area contributed by atoms with Gasteiger partial charge in [0.1, 0.15) is 6.04 Å². The minimum atomic E-state index is -4.49. The summed E-state index contributed by atoms with van der Waals surface area (Å²) in [5.41, 5.74) is 8.20. The largest absolute Gasteiger partial charge is 0.407 e. The minimum Gasteiger partial charge on any atom is -0.398 e. The highest BCUT2D eigenvalue weighted by Gasteiger charge is 2.41. The molecular formula is C19H22Cl2F3N3O. The summed E-state index contributed by atoms with van der Waals surface area (Å²) in [5.74, 6) is -0.401. The van der Waals surface area contributed by atoms with Gasteiger partial charge in [0.25, 0.3) is 0 Å². The standard InChI is InChI=1S/C19H20F3N3O.2ClH/c20-19(21,22)18(13-6-2-1-3-7-13)24-12-17(26)25-11-5-8-14-15(23)9-4-10-16(14)25;;/h1-4,6-7,9-10,18,24H,5,8,11-12,23H2;2*1H. The lowest BCUT2D eigenvalue weighted by atomic mass is 10.00. The molecule has 1 heterocycles. The van der Waals surface area contributed by atoms with Crippen LogP contribution in [0.3, 0.4) is 0 Å². The Morgan fingerprint density at radius 1 is 1.11 bits per heavy atom. The molecule has 0 fully saturated rings. The number of nitrogens with one attached hydrogen (secondary N) is 1. The number of hydrogen-bond acceptors (Lipinski definition) is 3. The second-order valence-corrected chi connectivity index (χ2v) is 6.26.